The van der Waals surface area contributed by atoms with Gasteiger partial charge in [-0.3, -0.25) is 25.2 Å². The van der Waals surface area contributed by atoms with Crippen molar-refractivity contribution in [2.75, 3.05) is 50.8 Å². The molecule has 1 aromatic heterocycles. The van der Waals surface area contributed by atoms with Crippen molar-refractivity contribution in [2.45, 2.75) is 107 Å². The van der Waals surface area contributed by atoms with Gasteiger partial charge in [0.1, 0.15) is 30.5 Å². The minimum Gasteiger partial charge on any atom is -0.394 e. The molecular formula is C36H61ClN10O11. The van der Waals surface area contributed by atoms with E-state index in [1.165, 1.54) is 4.90 Å². The van der Waals surface area contributed by atoms with Crippen LogP contribution in [0.3, 0.4) is 0 Å². The molecule has 0 aliphatic carbocycles. The molecule has 2 amide bonds. The molecule has 0 radical (unpaired) electrons. The van der Waals surface area contributed by atoms with Crippen LogP contribution in [-0.4, -0.2) is 173 Å². The van der Waals surface area contributed by atoms with Crippen molar-refractivity contribution in [3.05, 3.63) is 46.2 Å². The third kappa shape index (κ3) is 16.8. The molecule has 328 valence electrons. The standard InChI is InChI=1S/C36H61ClN10O11/c1-2-22(49)27(53)28(54)23(50)16-47(17-24(51)29(55)30(56)25(52)18-48)15-5-14-42-21(34(40)57)12-11-20-9-7-19(8-10-20)6-3-4-13-43-36(41)46-35(58)26-32(38)45-33(39)31(37)44-26/h7-10,21-25,27-30,42,48-56H,2-6,11-18H2,1H3,(H2,40,57)(H4,38,39,45)(H3,41,43,46,58)/t21-,22?,23?,24?,25?,27?,28?,29?,30?/m0/s1. The van der Waals surface area contributed by atoms with Crippen LogP contribution < -0.4 is 33.2 Å². The van der Waals surface area contributed by atoms with Crippen LogP contribution in [0.2, 0.25) is 5.15 Å². The number of nitrogen functional groups attached to an aromatic ring is 2. The van der Waals surface area contributed by atoms with Crippen LogP contribution in [0.15, 0.2) is 24.3 Å². The Hall–Kier alpha value is -3.84. The van der Waals surface area contributed by atoms with Gasteiger partial charge in [-0.05, 0) is 69.2 Å². The Kier molecular flexibility index (Phi) is 22.2. The fraction of sp³-hybridized carbons (Fsp3) is 0.639. The van der Waals surface area contributed by atoms with Gasteiger partial charge in [0.25, 0.3) is 5.91 Å². The molecule has 0 aliphatic rings. The molecule has 0 spiro atoms. The first-order valence-electron chi connectivity index (χ1n) is 19.0. The summed E-state index contributed by atoms with van der Waals surface area (Å²) < 4.78 is 0. The summed E-state index contributed by atoms with van der Waals surface area (Å²) in [6, 6.07) is 7.19. The molecule has 1 aromatic carbocycles. The van der Waals surface area contributed by atoms with Crippen molar-refractivity contribution in [3.63, 3.8) is 0 Å². The van der Waals surface area contributed by atoms with Gasteiger partial charge in [0.15, 0.2) is 28.4 Å². The van der Waals surface area contributed by atoms with Crippen molar-refractivity contribution in [1.29, 1.82) is 5.41 Å². The summed E-state index contributed by atoms with van der Waals surface area (Å²) >= 11 is 5.81. The predicted octanol–water partition coefficient (Wildman–Crippen LogP) is -4.07. The number of nitrogens with zero attached hydrogens (tertiary/aromatic N) is 3. The number of nitrogens with two attached hydrogens (primary N) is 3. The number of nitrogens with one attached hydrogen (secondary N) is 4. The molecule has 58 heavy (non-hydrogen) atoms. The van der Waals surface area contributed by atoms with E-state index in [2.05, 4.69) is 25.9 Å². The number of rotatable bonds is 27. The molecule has 22 heteroatoms. The molecule has 21 nitrogen and oxygen atoms in total. The van der Waals surface area contributed by atoms with Crippen LogP contribution >= 0.6 is 11.6 Å². The first-order valence-corrected chi connectivity index (χ1v) is 19.4. The summed E-state index contributed by atoms with van der Waals surface area (Å²) in [5, 5.41) is 107. The summed E-state index contributed by atoms with van der Waals surface area (Å²) in [4.78, 5) is 33.6. The number of unbranched alkanes of at least 4 members (excludes halogenated alkanes) is 1. The summed E-state index contributed by atoms with van der Waals surface area (Å²) in [7, 11) is 0. The summed E-state index contributed by atoms with van der Waals surface area (Å²) in [5.41, 5.74) is 18.7. The molecule has 19 N–H and O–H groups in total. The zero-order valence-corrected chi connectivity index (χ0v) is 33.2. The van der Waals surface area contributed by atoms with Crippen LogP contribution in [-0.2, 0) is 17.6 Å². The van der Waals surface area contributed by atoms with E-state index in [0.29, 0.717) is 32.2 Å². The molecule has 0 aliphatic heterocycles. The highest BCUT2D eigenvalue weighted by Gasteiger charge is 2.34. The second-order valence-corrected chi connectivity index (χ2v) is 14.4. The highest BCUT2D eigenvalue weighted by atomic mass is 35.5. The third-order valence-electron chi connectivity index (χ3n) is 9.45. The lowest BCUT2D eigenvalue weighted by molar-refractivity contribution is -0.127. The second kappa shape index (κ2) is 25.6. The number of aryl methyl sites for hydroxylation is 2. The molecule has 0 bridgehead atoms. The average molecular weight is 845 g/mol. The summed E-state index contributed by atoms with van der Waals surface area (Å²) in [6.07, 6.45) is -9.84. The molecule has 0 saturated heterocycles. The maximum absolute atomic E-state index is 12.4. The lowest BCUT2D eigenvalue weighted by atomic mass is 10.00. The zero-order chi connectivity index (χ0) is 43.5. The SMILES string of the molecule is CCC(O)C(O)C(O)C(O)CN(CCCN[C@@H](CCc1ccc(CCCCNC(=N)NC(=O)c2nc(Cl)c(N)nc2N)cc1)C(N)=O)CC(O)C(O)C(O)C(O)CO. The van der Waals surface area contributed by atoms with E-state index in [-0.39, 0.29) is 61.0 Å². The maximum atomic E-state index is 12.4. The van der Waals surface area contributed by atoms with E-state index in [4.69, 9.17) is 39.3 Å². The summed E-state index contributed by atoms with van der Waals surface area (Å²) in [5.74, 6) is -1.89. The first-order chi connectivity index (χ1) is 27.4. The van der Waals surface area contributed by atoms with E-state index in [1.54, 1.807) is 6.92 Å². The van der Waals surface area contributed by atoms with E-state index in [0.717, 1.165) is 24.0 Å². The number of amides is 2. The Morgan fingerprint density at radius 3 is 1.90 bits per heavy atom. The van der Waals surface area contributed by atoms with E-state index in [1.807, 2.05) is 24.3 Å². The number of carbonyl (C=O) groups excluding carboxylic acids is 2. The molecule has 0 saturated carbocycles. The van der Waals surface area contributed by atoms with Gasteiger partial charge >= 0.3 is 0 Å². The molecule has 0 fully saturated rings. The Bertz CT molecular complexity index is 1540. The number of hydrogen-bond donors (Lipinski definition) is 16. The summed E-state index contributed by atoms with van der Waals surface area (Å²) in [6.45, 7) is 0.818. The number of anilines is 2. The second-order valence-electron chi connectivity index (χ2n) is 14.0. The number of carbonyl (C=O) groups is 2. The molecular weight excluding hydrogens is 784 g/mol. The Morgan fingerprint density at radius 2 is 1.34 bits per heavy atom. The highest BCUT2D eigenvalue weighted by molar-refractivity contribution is 6.31. The number of aliphatic hydroxyl groups excluding tert-OH is 9. The Labute approximate surface area is 341 Å². The monoisotopic (exact) mass is 844 g/mol. The number of aliphatic hydroxyl groups is 9. The fourth-order valence-corrected chi connectivity index (χ4v) is 5.99. The van der Waals surface area contributed by atoms with Crippen LogP contribution in [0.1, 0.15) is 60.6 Å². The number of halogens is 1. The van der Waals surface area contributed by atoms with Gasteiger partial charge in [-0.15, -0.1) is 0 Å². The Balaban J connectivity index is 1.83. The quantitative estimate of drug-likeness (QED) is 0.0231. The zero-order valence-electron chi connectivity index (χ0n) is 32.5. The van der Waals surface area contributed by atoms with Gasteiger partial charge in [-0.1, -0.05) is 42.8 Å². The van der Waals surface area contributed by atoms with Gasteiger partial charge in [0.2, 0.25) is 5.91 Å². The van der Waals surface area contributed by atoms with Crippen molar-refractivity contribution in [2.24, 2.45) is 5.73 Å². The Morgan fingerprint density at radius 1 is 0.793 bits per heavy atom. The van der Waals surface area contributed by atoms with Gasteiger partial charge in [0, 0.05) is 19.6 Å². The number of benzene rings is 1. The van der Waals surface area contributed by atoms with Gasteiger partial charge in [-0.2, -0.15) is 0 Å². The average Bonchev–Trinajstić information content (AvgIpc) is 3.19. The topological polar surface area (TPSA) is 383 Å². The largest absolute Gasteiger partial charge is 0.394 e. The highest BCUT2D eigenvalue weighted by Crippen LogP contribution is 2.17. The number of aromatic nitrogens is 2. The number of guanidine groups is 1. The number of primary amides is 1. The van der Waals surface area contributed by atoms with Crippen molar-refractivity contribution >= 4 is 41.0 Å². The van der Waals surface area contributed by atoms with Gasteiger partial charge in [-0.25, -0.2) is 9.97 Å². The molecule has 8 unspecified atom stereocenters. The van der Waals surface area contributed by atoms with Gasteiger partial charge < -0.3 is 73.8 Å². The molecule has 1 heterocycles. The van der Waals surface area contributed by atoms with Crippen molar-refractivity contribution in [1.82, 2.24) is 30.8 Å². The normalized spacial score (nSPS) is 16.4. The molecule has 9 atom stereocenters. The fourth-order valence-electron chi connectivity index (χ4n) is 5.86. The molecule has 2 aromatic rings. The van der Waals surface area contributed by atoms with Gasteiger partial charge in [0.05, 0.1) is 31.0 Å². The third-order valence-corrected chi connectivity index (χ3v) is 9.73. The van der Waals surface area contributed by atoms with Crippen molar-refractivity contribution in [3.8, 4) is 0 Å². The van der Waals surface area contributed by atoms with E-state index >= 15 is 0 Å². The van der Waals surface area contributed by atoms with Crippen LogP contribution in [0, 0.1) is 5.41 Å². The van der Waals surface area contributed by atoms with Crippen LogP contribution in [0.25, 0.3) is 0 Å². The minimum absolute atomic E-state index is 0.111. The van der Waals surface area contributed by atoms with E-state index < -0.39 is 73.3 Å². The lowest BCUT2D eigenvalue weighted by Gasteiger charge is -2.33. The molecule has 2 rings (SSSR count). The smallest absolute Gasteiger partial charge is 0.280 e. The number of hydrogen-bond acceptors (Lipinski definition) is 18. The lowest BCUT2D eigenvalue weighted by Crippen LogP contribution is -2.53. The van der Waals surface area contributed by atoms with Crippen molar-refractivity contribution < 1.29 is 55.5 Å². The first kappa shape index (κ1) is 50.3. The van der Waals surface area contributed by atoms with E-state index in [9.17, 15) is 50.4 Å². The van der Waals surface area contributed by atoms with Crippen LogP contribution in [0.4, 0.5) is 11.6 Å². The maximum Gasteiger partial charge on any atom is 0.280 e. The predicted molar refractivity (Wildman–Crippen MR) is 214 cm³/mol. The minimum atomic E-state index is -1.88. The van der Waals surface area contributed by atoms with Crippen LogP contribution in [0.5, 0.6) is 0 Å².